The van der Waals surface area contributed by atoms with E-state index >= 15 is 0 Å². The van der Waals surface area contributed by atoms with Crippen molar-refractivity contribution in [2.45, 2.75) is 32.7 Å². The summed E-state index contributed by atoms with van der Waals surface area (Å²) in [6.07, 6.45) is 1.71. The lowest BCUT2D eigenvalue weighted by molar-refractivity contribution is -0.116. The van der Waals surface area contributed by atoms with E-state index in [1.165, 1.54) is 10.9 Å². The van der Waals surface area contributed by atoms with E-state index in [0.29, 0.717) is 23.4 Å². The summed E-state index contributed by atoms with van der Waals surface area (Å²) < 4.78 is 1.48. The van der Waals surface area contributed by atoms with Gasteiger partial charge in [-0.25, -0.2) is 4.98 Å². The normalized spacial score (nSPS) is 11.0. The van der Waals surface area contributed by atoms with Crippen LogP contribution in [0.4, 0.5) is 5.69 Å². The molecular formula is C20H21N3O2. The molecule has 0 saturated carbocycles. The molecule has 1 amide bonds. The van der Waals surface area contributed by atoms with Crippen molar-refractivity contribution < 1.29 is 4.79 Å². The minimum Gasteiger partial charge on any atom is -0.326 e. The molecule has 0 bridgehead atoms. The Hall–Kier alpha value is -2.95. The molecule has 0 atom stereocenters. The Kier molecular flexibility index (Phi) is 4.93. The molecule has 0 aliphatic rings. The first kappa shape index (κ1) is 16.9. The van der Waals surface area contributed by atoms with Gasteiger partial charge in [-0.05, 0) is 29.7 Å². The van der Waals surface area contributed by atoms with Crippen LogP contribution in [0.2, 0.25) is 0 Å². The van der Waals surface area contributed by atoms with Gasteiger partial charge in [0.2, 0.25) is 5.91 Å². The van der Waals surface area contributed by atoms with Gasteiger partial charge in [0.15, 0.2) is 0 Å². The second-order valence-electron chi connectivity index (χ2n) is 6.30. The van der Waals surface area contributed by atoms with E-state index in [1.807, 2.05) is 36.4 Å². The zero-order valence-electron chi connectivity index (χ0n) is 14.4. The van der Waals surface area contributed by atoms with Crippen molar-refractivity contribution in [3.8, 4) is 0 Å². The summed E-state index contributed by atoms with van der Waals surface area (Å²) in [7, 11) is 0. The van der Waals surface area contributed by atoms with Crippen LogP contribution in [0.1, 0.15) is 31.7 Å². The van der Waals surface area contributed by atoms with Gasteiger partial charge in [-0.15, -0.1) is 0 Å². The Labute approximate surface area is 146 Å². The predicted molar refractivity (Wildman–Crippen MR) is 99.8 cm³/mol. The monoisotopic (exact) mass is 335 g/mol. The first-order valence-electron chi connectivity index (χ1n) is 8.39. The van der Waals surface area contributed by atoms with Crippen LogP contribution in [-0.4, -0.2) is 15.5 Å². The van der Waals surface area contributed by atoms with E-state index in [9.17, 15) is 9.59 Å². The van der Waals surface area contributed by atoms with Crippen LogP contribution in [0.3, 0.4) is 0 Å². The van der Waals surface area contributed by atoms with Gasteiger partial charge in [0, 0.05) is 18.7 Å². The molecule has 0 saturated heterocycles. The molecule has 0 spiro atoms. The molecule has 1 heterocycles. The van der Waals surface area contributed by atoms with Crippen LogP contribution in [0, 0.1) is 0 Å². The smallest absolute Gasteiger partial charge is 0.261 e. The summed E-state index contributed by atoms with van der Waals surface area (Å²) in [5.41, 5.74) is 2.46. The molecule has 0 radical (unpaired) electrons. The maximum atomic E-state index is 12.4. The van der Waals surface area contributed by atoms with Crippen molar-refractivity contribution >= 4 is 22.5 Å². The topological polar surface area (TPSA) is 64.0 Å². The third-order valence-corrected chi connectivity index (χ3v) is 4.17. The van der Waals surface area contributed by atoms with Gasteiger partial charge in [0.05, 0.1) is 17.2 Å². The predicted octanol–water partition coefficient (Wildman–Crippen LogP) is 3.55. The Balaban J connectivity index is 1.71. The van der Waals surface area contributed by atoms with Crippen molar-refractivity contribution in [3.63, 3.8) is 0 Å². The highest BCUT2D eigenvalue weighted by Gasteiger charge is 2.10. The van der Waals surface area contributed by atoms with Crippen LogP contribution in [0.25, 0.3) is 10.9 Å². The molecule has 128 valence electrons. The molecule has 5 heteroatoms. The Bertz CT molecular complexity index is 960. The Morgan fingerprint density at radius 2 is 1.84 bits per heavy atom. The number of aromatic nitrogens is 2. The quantitative estimate of drug-likeness (QED) is 0.775. The number of para-hydroxylation sites is 2. The number of amides is 1. The highest BCUT2D eigenvalue weighted by molar-refractivity contribution is 5.91. The van der Waals surface area contributed by atoms with E-state index in [2.05, 4.69) is 24.1 Å². The number of fused-ring (bicyclic) bond motifs is 1. The third-order valence-electron chi connectivity index (χ3n) is 4.17. The molecule has 0 fully saturated rings. The number of nitrogens with one attached hydrogen (secondary N) is 1. The third kappa shape index (κ3) is 3.76. The number of nitrogens with zero attached hydrogens (tertiary/aromatic N) is 2. The van der Waals surface area contributed by atoms with E-state index in [-0.39, 0.29) is 17.9 Å². The summed E-state index contributed by atoms with van der Waals surface area (Å²) in [6.45, 7) is 4.48. The Morgan fingerprint density at radius 1 is 1.12 bits per heavy atom. The van der Waals surface area contributed by atoms with Crippen molar-refractivity contribution in [2.24, 2.45) is 0 Å². The van der Waals surface area contributed by atoms with Crippen LogP contribution in [0.5, 0.6) is 0 Å². The van der Waals surface area contributed by atoms with Crippen molar-refractivity contribution in [3.05, 3.63) is 70.8 Å². The van der Waals surface area contributed by atoms with Crippen LogP contribution < -0.4 is 10.9 Å². The fourth-order valence-electron chi connectivity index (χ4n) is 2.81. The van der Waals surface area contributed by atoms with E-state index < -0.39 is 0 Å². The van der Waals surface area contributed by atoms with Crippen molar-refractivity contribution in [2.75, 3.05) is 5.32 Å². The first-order chi connectivity index (χ1) is 12.1. The average Bonchev–Trinajstić information content (AvgIpc) is 2.61. The standard InChI is InChI=1S/C20H21N3O2/c1-14(2)15-7-3-6-10-18(15)22-19(24)11-12-23-13-21-17-9-5-4-8-16(17)20(23)25/h3-10,13-14H,11-12H2,1-2H3,(H,22,24). The summed E-state index contributed by atoms with van der Waals surface area (Å²) in [5, 5.41) is 3.51. The molecule has 3 rings (SSSR count). The number of benzene rings is 2. The average molecular weight is 335 g/mol. The minimum atomic E-state index is -0.124. The van der Waals surface area contributed by atoms with Crippen molar-refractivity contribution in [1.29, 1.82) is 0 Å². The van der Waals surface area contributed by atoms with Gasteiger partial charge < -0.3 is 5.32 Å². The lowest BCUT2D eigenvalue weighted by atomic mass is 10.0. The second kappa shape index (κ2) is 7.30. The highest BCUT2D eigenvalue weighted by atomic mass is 16.2. The molecule has 1 aromatic heterocycles. The first-order valence-corrected chi connectivity index (χ1v) is 8.39. The highest BCUT2D eigenvalue weighted by Crippen LogP contribution is 2.23. The molecule has 1 N–H and O–H groups in total. The number of carbonyl (C=O) groups excluding carboxylic acids is 1. The van der Waals surface area contributed by atoms with Gasteiger partial charge >= 0.3 is 0 Å². The zero-order valence-corrected chi connectivity index (χ0v) is 14.4. The molecule has 3 aromatic rings. The van der Waals surface area contributed by atoms with Gasteiger partial charge in [0.25, 0.3) is 5.56 Å². The fraction of sp³-hybridized carbons (Fsp3) is 0.250. The van der Waals surface area contributed by atoms with Crippen LogP contribution >= 0.6 is 0 Å². The maximum absolute atomic E-state index is 12.4. The van der Waals surface area contributed by atoms with Gasteiger partial charge in [-0.3, -0.25) is 14.2 Å². The number of hydrogen-bond acceptors (Lipinski definition) is 3. The number of aryl methyl sites for hydroxylation is 1. The second-order valence-corrected chi connectivity index (χ2v) is 6.30. The molecule has 0 unspecified atom stereocenters. The van der Waals surface area contributed by atoms with Crippen LogP contribution in [-0.2, 0) is 11.3 Å². The minimum absolute atomic E-state index is 0.117. The lowest BCUT2D eigenvalue weighted by Crippen LogP contribution is -2.23. The van der Waals surface area contributed by atoms with E-state index in [0.717, 1.165) is 11.3 Å². The number of carbonyl (C=O) groups is 1. The lowest BCUT2D eigenvalue weighted by Gasteiger charge is -2.14. The van der Waals surface area contributed by atoms with Gasteiger partial charge in [0.1, 0.15) is 0 Å². The zero-order chi connectivity index (χ0) is 17.8. The van der Waals surface area contributed by atoms with Crippen molar-refractivity contribution in [1.82, 2.24) is 9.55 Å². The van der Waals surface area contributed by atoms with Gasteiger partial charge in [-0.2, -0.15) is 0 Å². The number of rotatable bonds is 5. The molecule has 2 aromatic carbocycles. The molecular weight excluding hydrogens is 314 g/mol. The van der Waals surface area contributed by atoms with E-state index in [1.54, 1.807) is 12.1 Å². The summed E-state index contributed by atoms with van der Waals surface area (Å²) in [4.78, 5) is 29.0. The summed E-state index contributed by atoms with van der Waals surface area (Å²) in [6, 6.07) is 15.0. The molecule has 0 aliphatic carbocycles. The SMILES string of the molecule is CC(C)c1ccccc1NC(=O)CCn1cnc2ccccc2c1=O. The number of anilines is 1. The van der Waals surface area contributed by atoms with E-state index in [4.69, 9.17) is 0 Å². The summed E-state index contributed by atoms with van der Waals surface area (Å²) in [5.74, 6) is 0.206. The van der Waals surface area contributed by atoms with Crippen LogP contribution in [0.15, 0.2) is 59.7 Å². The maximum Gasteiger partial charge on any atom is 0.261 e. The number of hydrogen-bond donors (Lipinski definition) is 1. The molecule has 25 heavy (non-hydrogen) atoms. The molecule has 5 nitrogen and oxygen atoms in total. The summed E-state index contributed by atoms with van der Waals surface area (Å²) >= 11 is 0. The Morgan fingerprint density at radius 3 is 2.64 bits per heavy atom. The fourth-order valence-corrected chi connectivity index (χ4v) is 2.81. The largest absolute Gasteiger partial charge is 0.326 e. The molecule has 0 aliphatic heterocycles. The van der Waals surface area contributed by atoms with Gasteiger partial charge in [-0.1, -0.05) is 44.2 Å².